The van der Waals surface area contributed by atoms with Crippen molar-refractivity contribution in [3.8, 4) is 5.75 Å². The summed E-state index contributed by atoms with van der Waals surface area (Å²) in [6, 6.07) is 9.17. The molecule has 0 unspecified atom stereocenters. The minimum Gasteiger partial charge on any atom is -0.408 e. The summed E-state index contributed by atoms with van der Waals surface area (Å²) in [6.45, 7) is 5.45. The van der Waals surface area contributed by atoms with Gasteiger partial charge in [0.1, 0.15) is 0 Å². The average molecular weight is 381 g/mol. The van der Waals surface area contributed by atoms with Crippen LogP contribution in [0.15, 0.2) is 42.7 Å². The molecule has 2 N–H and O–H groups in total. The van der Waals surface area contributed by atoms with E-state index in [9.17, 15) is 9.59 Å². The Morgan fingerprint density at radius 1 is 1.18 bits per heavy atom. The van der Waals surface area contributed by atoms with Crippen LogP contribution in [0.1, 0.15) is 25.3 Å². The van der Waals surface area contributed by atoms with Crippen LogP contribution in [0.3, 0.4) is 0 Å². The summed E-state index contributed by atoms with van der Waals surface area (Å²) in [4.78, 5) is 32.5. The van der Waals surface area contributed by atoms with Crippen LogP contribution < -0.4 is 25.4 Å². The summed E-state index contributed by atoms with van der Waals surface area (Å²) in [5.41, 5.74) is 8.76. The monoisotopic (exact) mass is 381 g/mol. The molecule has 4 rings (SSSR count). The molecule has 28 heavy (non-hydrogen) atoms. The van der Waals surface area contributed by atoms with Gasteiger partial charge in [-0.05, 0) is 36.8 Å². The third kappa shape index (κ3) is 3.44. The van der Waals surface area contributed by atoms with Crippen molar-refractivity contribution in [3.05, 3.63) is 48.3 Å². The van der Waals surface area contributed by atoms with Crippen LogP contribution in [-0.2, 0) is 4.79 Å². The number of amides is 2. The second-order valence-corrected chi connectivity index (χ2v) is 7.11. The van der Waals surface area contributed by atoms with Crippen LogP contribution in [0.2, 0.25) is 0 Å². The van der Waals surface area contributed by atoms with E-state index >= 15 is 0 Å². The van der Waals surface area contributed by atoms with E-state index in [0.717, 1.165) is 24.3 Å². The van der Waals surface area contributed by atoms with Gasteiger partial charge in [0.15, 0.2) is 5.75 Å². The molecule has 1 aromatic carbocycles. The topological polar surface area (TPSA) is 86.8 Å². The number of rotatable bonds is 2. The zero-order valence-corrected chi connectivity index (χ0v) is 15.9. The molecule has 1 aromatic heterocycles. The smallest absolute Gasteiger partial charge is 0.408 e. The van der Waals surface area contributed by atoms with E-state index in [1.807, 2.05) is 25.1 Å². The second-order valence-electron chi connectivity index (χ2n) is 7.11. The van der Waals surface area contributed by atoms with Gasteiger partial charge in [-0.3, -0.25) is 25.5 Å². The number of fused-ring (bicyclic) bond motifs is 1. The Morgan fingerprint density at radius 3 is 2.64 bits per heavy atom. The fraction of sp³-hybridized carbons (Fsp3) is 0.350. The number of carbonyl (C=O) groups excluding carboxylic acids is 2. The van der Waals surface area contributed by atoms with Crippen LogP contribution in [0.4, 0.5) is 16.2 Å². The first kappa shape index (κ1) is 18.4. The van der Waals surface area contributed by atoms with Crippen molar-refractivity contribution in [2.24, 2.45) is 0 Å². The highest BCUT2D eigenvalue weighted by molar-refractivity contribution is 6.02. The number of benzene rings is 1. The highest BCUT2D eigenvalue weighted by Crippen LogP contribution is 2.38. The predicted molar refractivity (Wildman–Crippen MR) is 105 cm³/mol. The first-order valence-corrected chi connectivity index (χ1v) is 9.33. The summed E-state index contributed by atoms with van der Waals surface area (Å²) < 4.78 is 5.52. The molecule has 2 aliphatic heterocycles. The van der Waals surface area contributed by atoms with Crippen molar-refractivity contribution in [1.29, 1.82) is 0 Å². The molecule has 0 bridgehead atoms. The molecular formula is C20H23N5O3. The molecule has 1 fully saturated rings. The quantitative estimate of drug-likeness (QED) is 0.828. The van der Waals surface area contributed by atoms with Gasteiger partial charge >= 0.3 is 6.09 Å². The SMILES string of the molecule is CC(=O)N1c2ccc(C3CNNC3)cc2N(C(=O)Oc2cccnc2)C[C@@H]1C. The zero-order valence-electron chi connectivity index (χ0n) is 15.9. The summed E-state index contributed by atoms with van der Waals surface area (Å²) >= 11 is 0. The summed E-state index contributed by atoms with van der Waals surface area (Å²) in [5.74, 6) is 0.633. The first-order valence-electron chi connectivity index (χ1n) is 9.33. The van der Waals surface area contributed by atoms with Gasteiger partial charge < -0.3 is 9.64 Å². The molecule has 0 saturated carbocycles. The minimum absolute atomic E-state index is 0.0500. The predicted octanol–water partition coefficient (Wildman–Crippen LogP) is 2.03. The van der Waals surface area contributed by atoms with Gasteiger partial charge in [-0.25, -0.2) is 4.79 Å². The molecule has 1 saturated heterocycles. The molecule has 3 heterocycles. The fourth-order valence-corrected chi connectivity index (χ4v) is 3.81. The van der Waals surface area contributed by atoms with E-state index in [1.165, 1.54) is 6.20 Å². The Balaban J connectivity index is 1.71. The molecule has 2 amide bonds. The van der Waals surface area contributed by atoms with Crippen LogP contribution >= 0.6 is 0 Å². The average Bonchev–Trinajstić information content (AvgIpc) is 3.22. The Kier molecular flexibility index (Phi) is 4.97. The van der Waals surface area contributed by atoms with Crippen molar-refractivity contribution in [3.63, 3.8) is 0 Å². The molecule has 1 atom stereocenters. The lowest BCUT2D eigenvalue weighted by Crippen LogP contribution is -2.52. The zero-order chi connectivity index (χ0) is 19.7. The minimum atomic E-state index is -0.482. The van der Waals surface area contributed by atoms with E-state index in [-0.39, 0.29) is 11.9 Å². The number of nitrogens with zero attached hydrogens (tertiary/aromatic N) is 3. The Hall–Kier alpha value is -2.97. The third-order valence-corrected chi connectivity index (χ3v) is 5.13. The highest BCUT2D eigenvalue weighted by atomic mass is 16.6. The van der Waals surface area contributed by atoms with Gasteiger partial charge in [0.2, 0.25) is 5.91 Å². The standard InChI is InChI=1S/C20H23N5O3/c1-13-12-24(20(27)28-17-4-3-7-21-11-17)19-8-15(16-9-22-23-10-16)5-6-18(19)25(13)14(2)26/h3-8,11,13,16,22-23H,9-10,12H2,1-2H3/t13-/m0/s1. The van der Waals surface area contributed by atoms with Crippen LogP contribution in [-0.4, -0.2) is 42.7 Å². The number of nitrogens with one attached hydrogen (secondary N) is 2. The number of ether oxygens (including phenoxy) is 1. The lowest BCUT2D eigenvalue weighted by Gasteiger charge is -2.40. The number of hydrogen-bond donors (Lipinski definition) is 2. The first-order chi connectivity index (χ1) is 13.5. The maximum atomic E-state index is 12.9. The maximum Gasteiger partial charge on any atom is 0.419 e. The van der Waals surface area contributed by atoms with Gasteiger partial charge in [-0.15, -0.1) is 0 Å². The van der Waals surface area contributed by atoms with Gasteiger partial charge in [-0.2, -0.15) is 0 Å². The summed E-state index contributed by atoms with van der Waals surface area (Å²) in [6.07, 6.45) is 2.64. The molecule has 8 heteroatoms. The third-order valence-electron chi connectivity index (χ3n) is 5.13. The second kappa shape index (κ2) is 7.57. The van der Waals surface area contributed by atoms with Gasteiger partial charge in [0.25, 0.3) is 0 Å². The number of carbonyl (C=O) groups is 2. The molecule has 0 radical (unpaired) electrons. The van der Waals surface area contributed by atoms with Gasteiger partial charge in [-0.1, -0.05) is 6.07 Å². The molecule has 2 aromatic rings. The molecule has 2 aliphatic rings. The van der Waals surface area contributed by atoms with Crippen LogP contribution in [0.5, 0.6) is 5.75 Å². The van der Waals surface area contributed by atoms with E-state index in [1.54, 1.807) is 35.1 Å². The van der Waals surface area contributed by atoms with Crippen molar-refractivity contribution in [2.75, 3.05) is 29.4 Å². The van der Waals surface area contributed by atoms with E-state index in [0.29, 0.717) is 23.9 Å². The Bertz CT molecular complexity index is 883. The van der Waals surface area contributed by atoms with Gasteiger partial charge in [0, 0.05) is 38.7 Å². The number of hydrogen-bond acceptors (Lipinski definition) is 6. The molecule has 0 aliphatic carbocycles. The number of anilines is 2. The largest absolute Gasteiger partial charge is 0.419 e. The summed E-state index contributed by atoms with van der Waals surface area (Å²) in [5, 5.41) is 0. The molecule has 8 nitrogen and oxygen atoms in total. The van der Waals surface area contributed by atoms with Crippen molar-refractivity contribution >= 4 is 23.4 Å². The van der Waals surface area contributed by atoms with Crippen LogP contribution in [0.25, 0.3) is 0 Å². The number of pyridine rings is 1. The molecular weight excluding hydrogens is 358 g/mol. The fourth-order valence-electron chi connectivity index (χ4n) is 3.81. The molecule has 0 spiro atoms. The molecule has 146 valence electrons. The van der Waals surface area contributed by atoms with Crippen LogP contribution in [0, 0.1) is 0 Å². The highest BCUT2D eigenvalue weighted by Gasteiger charge is 2.35. The lowest BCUT2D eigenvalue weighted by atomic mass is 9.97. The van der Waals surface area contributed by atoms with Crippen molar-refractivity contribution in [1.82, 2.24) is 15.8 Å². The van der Waals surface area contributed by atoms with E-state index < -0.39 is 6.09 Å². The van der Waals surface area contributed by atoms with Gasteiger partial charge in [0.05, 0.1) is 23.6 Å². The Morgan fingerprint density at radius 2 is 1.96 bits per heavy atom. The van der Waals surface area contributed by atoms with E-state index in [2.05, 4.69) is 15.8 Å². The summed E-state index contributed by atoms with van der Waals surface area (Å²) in [7, 11) is 0. The Labute approximate surface area is 163 Å². The van der Waals surface area contributed by atoms with E-state index in [4.69, 9.17) is 4.74 Å². The number of aromatic nitrogens is 1. The normalized spacial score (nSPS) is 19.4. The lowest BCUT2D eigenvalue weighted by molar-refractivity contribution is -0.117. The van der Waals surface area contributed by atoms with Crippen molar-refractivity contribution in [2.45, 2.75) is 25.8 Å². The van der Waals surface area contributed by atoms with Crippen molar-refractivity contribution < 1.29 is 14.3 Å². The maximum absolute atomic E-state index is 12.9. The number of hydrazine groups is 1.